The van der Waals surface area contributed by atoms with E-state index < -0.39 is 27.0 Å². The fraction of sp³-hybridized carbons (Fsp3) is 0.625. The van der Waals surface area contributed by atoms with Crippen LogP contribution in [0.5, 0.6) is 5.88 Å². The molecule has 2 N–H and O–H groups in total. The van der Waals surface area contributed by atoms with Crippen LogP contribution < -0.4 is 9.88 Å². The van der Waals surface area contributed by atoms with Gasteiger partial charge in [0.05, 0.1) is 18.4 Å². The number of sulfonamides is 1. The van der Waals surface area contributed by atoms with Gasteiger partial charge < -0.3 is 4.74 Å². The number of primary sulfonamides is 1. The number of ether oxygens (including phenoxy) is 1. The van der Waals surface area contributed by atoms with Crippen molar-refractivity contribution < 1.29 is 26.3 Å². The van der Waals surface area contributed by atoms with E-state index in [1.807, 2.05) is 0 Å². The van der Waals surface area contributed by atoms with Crippen LogP contribution in [0, 0.1) is 6.92 Å². The second kappa shape index (κ2) is 4.43. The van der Waals surface area contributed by atoms with E-state index in [-0.39, 0.29) is 11.6 Å². The fourth-order valence-corrected chi connectivity index (χ4v) is 2.68. The Balaban J connectivity index is 3.59. The zero-order valence-corrected chi connectivity index (χ0v) is 10.6. The molecule has 0 aromatic carbocycles. The van der Waals surface area contributed by atoms with Crippen molar-refractivity contribution in [2.45, 2.75) is 18.3 Å². The highest BCUT2D eigenvalue weighted by molar-refractivity contribution is 7.89. The summed E-state index contributed by atoms with van der Waals surface area (Å²) in [7, 11) is -2.42. The van der Waals surface area contributed by atoms with Crippen LogP contribution in [0.25, 0.3) is 0 Å². The Morgan fingerprint density at radius 2 is 1.94 bits per heavy atom. The number of aromatic nitrogens is 2. The molecule has 0 bridgehead atoms. The van der Waals surface area contributed by atoms with Gasteiger partial charge in [0, 0.05) is 7.05 Å². The van der Waals surface area contributed by atoms with Crippen LogP contribution in [0.2, 0.25) is 0 Å². The molecule has 1 rings (SSSR count). The molecule has 10 heteroatoms. The van der Waals surface area contributed by atoms with Crippen molar-refractivity contribution in [3.63, 3.8) is 0 Å². The number of nitrogens with two attached hydrogens (primary N) is 1. The van der Waals surface area contributed by atoms with Gasteiger partial charge in [0.2, 0.25) is 21.2 Å². The Morgan fingerprint density at radius 1 is 1.44 bits per heavy atom. The van der Waals surface area contributed by atoms with Gasteiger partial charge >= 0.3 is 6.18 Å². The third-order valence-corrected chi connectivity index (χ3v) is 3.46. The molecular weight excluding hydrogens is 275 g/mol. The molecule has 0 aliphatic heterocycles. The minimum atomic E-state index is -5.05. The number of methoxy groups -OCH3 is 1. The Hall–Kier alpha value is -1.29. The number of rotatable bonds is 3. The molecular formula is C8H12F3N3O3S. The lowest BCUT2D eigenvalue weighted by Crippen LogP contribution is -2.34. The average molecular weight is 287 g/mol. The summed E-state index contributed by atoms with van der Waals surface area (Å²) in [6, 6.07) is 0. The summed E-state index contributed by atoms with van der Waals surface area (Å²) >= 11 is 0. The molecule has 1 unspecified atom stereocenters. The molecule has 1 heterocycles. The largest absolute Gasteiger partial charge is 0.481 e. The van der Waals surface area contributed by atoms with Gasteiger partial charge in [-0.2, -0.15) is 18.3 Å². The van der Waals surface area contributed by atoms with Crippen LogP contribution in [0.3, 0.4) is 0 Å². The number of nitrogens with zero attached hydrogens (tertiary/aromatic N) is 2. The number of aryl methyl sites for hydroxylation is 2. The van der Waals surface area contributed by atoms with Crippen LogP contribution in [-0.4, -0.2) is 31.5 Å². The number of hydrogen-bond acceptors (Lipinski definition) is 4. The number of hydrogen-bond donors (Lipinski definition) is 1. The van der Waals surface area contributed by atoms with Crippen molar-refractivity contribution in [2.24, 2.45) is 12.2 Å². The molecule has 104 valence electrons. The molecule has 1 aromatic heterocycles. The van der Waals surface area contributed by atoms with E-state index in [2.05, 4.69) is 10.2 Å². The van der Waals surface area contributed by atoms with E-state index >= 15 is 0 Å². The van der Waals surface area contributed by atoms with Crippen molar-refractivity contribution >= 4 is 10.0 Å². The van der Waals surface area contributed by atoms with Crippen molar-refractivity contribution in [1.82, 2.24) is 9.78 Å². The van der Waals surface area contributed by atoms with E-state index in [4.69, 9.17) is 4.74 Å². The summed E-state index contributed by atoms with van der Waals surface area (Å²) in [4.78, 5) is 0. The zero-order valence-electron chi connectivity index (χ0n) is 9.82. The highest BCUT2D eigenvalue weighted by atomic mass is 32.2. The van der Waals surface area contributed by atoms with E-state index in [9.17, 15) is 21.6 Å². The van der Waals surface area contributed by atoms with Crippen LogP contribution in [0.15, 0.2) is 0 Å². The Labute approximate surface area is 102 Å². The first-order valence-electron chi connectivity index (χ1n) is 4.66. The van der Waals surface area contributed by atoms with E-state index in [1.165, 1.54) is 14.0 Å². The van der Waals surface area contributed by atoms with Crippen molar-refractivity contribution in [3.05, 3.63) is 11.3 Å². The van der Waals surface area contributed by atoms with E-state index in [0.717, 1.165) is 11.8 Å². The molecule has 18 heavy (non-hydrogen) atoms. The van der Waals surface area contributed by atoms with Gasteiger partial charge in [-0.25, -0.2) is 18.2 Å². The van der Waals surface area contributed by atoms with Gasteiger partial charge in [0.15, 0.2) is 0 Å². The molecule has 0 saturated carbocycles. The summed E-state index contributed by atoms with van der Waals surface area (Å²) in [5.41, 5.74) is -0.694. The van der Waals surface area contributed by atoms with E-state index in [1.54, 1.807) is 0 Å². The first-order chi connectivity index (χ1) is 8.00. The normalized spacial score (nSPS) is 14.6. The van der Waals surface area contributed by atoms with Gasteiger partial charge in [-0.3, -0.25) is 0 Å². The minimum Gasteiger partial charge on any atom is -0.481 e. The van der Waals surface area contributed by atoms with Crippen molar-refractivity contribution in [1.29, 1.82) is 0 Å². The summed E-state index contributed by atoms with van der Waals surface area (Å²) in [6.07, 6.45) is -5.05. The second-order valence-electron chi connectivity index (χ2n) is 3.64. The minimum absolute atomic E-state index is 0.106. The molecule has 0 spiro atoms. The van der Waals surface area contributed by atoms with Crippen LogP contribution in [0.4, 0.5) is 13.2 Å². The maximum absolute atomic E-state index is 12.9. The van der Waals surface area contributed by atoms with Crippen molar-refractivity contribution in [2.75, 3.05) is 7.11 Å². The molecule has 0 amide bonds. The van der Waals surface area contributed by atoms with Crippen LogP contribution >= 0.6 is 0 Å². The van der Waals surface area contributed by atoms with Crippen LogP contribution in [0.1, 0.15) is 16.5 Å². The van der Waals surface area contributed by atoms with Gasteiger partial charge in [-0.1, -0.05) is 0 Å². The third kappa shape index (κ3) is 2.58. The first-order valence-corrected chi connectivity index (χ1v) is 6.27. The predicted molar refractivity (Wildman–Crippen MR) is 56.4 cm³/mol. The molecule has 0 saturated heterocycles. The molecule has 0 aliphatic rings. The standard InChI is InChI=1S/C8H12F3N3O3S/c1-4-5(7(17-3)14(2)13-4)6(8(9,10)11)18(12,15)16/h6H,1-3H3,(H2,12,15,16). The highest BCUT2D eigenvalue weighted by Gasteiger charge is 2.51. The average Bonchev–Trinajstić information content (AvgIpc) is 2.37. The molecule has 6 nitrogen and oxygen atoms in total. The smallest absolute Gasteiger partial charge is 0.411 e. The molecule has 0 aliphatic carbocycles. The fourth-order valence-electron chi connectivity index (χ4n) is 1.71. The number of alkyl halides is 3. The first kappa shape index (κ1) is 14.8. The Kier molecular flexibility index (Phi) is 3.63. The van der Waals surface area contributed by atoms with Crippen molar-refractivity contribution in [3.8, 4) is 5.88 Å². The SMILES string of the molecule is COc1c(C(C(F)(F)F)S(N)(=O)=O)c(C)nn1C. The van der Waals surface area contributed by atoms with Gasteiger partial charge in [-0.15, -0.1) is 0 Å². The summed E-state index contributed by atoms with van der Waals surface area (Å²) in [5, 5.41) is 5.51. The van der Waals surface area contributed by atoms with Gasteiger partial charge in [0.25, 0.3) is 0 Å². The highest BCUT2D eigenvalue weighted by Crippen LogP contribution is 2.42. The maximum Gasteiger partial charge on any atom is 0.411 e. The summed E-state index contributed by atoms with van der Waals surface area (Å²) in [5.74, 6) is -0.288. The van der Waals surface area contributed by atoms with Crippen LogP contribution in [-0.2, 0) is 17.1 Å². The Morgan fingerprint density at radius 3 is 2.28 bits per heavy atom. The lowest BCUT2D eigenvalue weighted by atomic mass is 10.1. The molecule has 0 radical (unpaired) electrons. The van der Waals surface area contributed by atoms with Gasteiger partial charge in [0.1, 0.15) is 0 Å². The predicted octanol–water partition coefficient (Wildman–Crippen LogP) is 0.629. The number of halogens is 3. The molecule has 1 aromatic rings. The molecule has 1 atom stereocenters. The maximum atomic E-state index is 12.9. The summed E-state index contributed by atoms with van der Waals surface area (Å²) in [6.45, 7) is 1.25. The molecule has 0 fully saturated rings. The topological polar surface area (TPSA) is 87.2 Å². The summed E-state index contributed by atoms with van der Waals surface area (Å²) < 4.78 is 66.7. The second-order valence-corrected chi connectivity index (χ2v) is 5.29. The lowest BCUT2D eigenvalue weighted by molar-refractivity contribution is -0.131. The Bertz CT molecular complexity index is 550. The third-order valence-electron chi connectivity index (χ3n) is 2.30. The monoisotopic (exact) mass is 287 g/mol. The lowest BCUT2D eigenvalue weighted by Gasteiger charge is -2.18. The van der Waals surface area contributed by atoms with Gasteiger partial charge in [-0.05, 0) is 6.92 Å². The quantitative estimate of drug-likeness (QED) is 0.883. The zero-order chi connectivity index (χ0) is 14.3. The van der Waals surface area contributed by atoms with E-state index in [0.29, 0.717) is 0 Å².